The topological polar surface area (TPSA) is 59.4 Å². The lowest BCUT2D eigenvalue weighted by atomic mass is 9.96. The summed E-state index contributed by atoms with van der Waals surface area (Å²) in [4.78, 5) is 9.73. The molecule has 0 saturated heterocycles. The van der Waals surface area contributed by atoms with E-state index in [1.807, 2.05) is 168 Å². The van der Waals surface area contributed by atoms with E-state index in [1.165, 1.54) is 12.1 Å². The van der Waals surface area contributed by atoms with Crippen LogP contribution in [0.1, 0.15) is 5.56 Å². The summed E-state index contributed by atoms with van der Waals surface area (Å²) in [5, 5.41) is 14.6. The Balaban J connectivity index is 1.11. The van der Waals surface area contributed by atoms with Crippen LogP contribution in [0, 0.1) is 40.4 Å². The molecule has 5 nitrogen and oxygen atoms in total. The number of halogens is 5. The molecule has 12 rings (SSSR count). The Bertz CT molecular complexity index is 4050. The maximum atomic E-state index is 16.2. The van der Waals surface area contributed by atoms with Gasteiger partial charge in [-0.3, -0.25) is 4.98 Å². The lowest BCUT2D eigenvalue weighted by Crippen LogP contribution is -2.10. The molecule has 0 aliphatic carbocycles. The Morgan fingerprint density at radius 1 is 0.391 bits per heavy atom. The van der Waals surface area contributed by atoms with E-state index in [1.54, 1.807) is 22.9 Å². The Morgan fingerprint density at radius 2 is 0.899 bits per heavy atom. The van der Waals surface area contributed by atoms with Crippen LogP contribution in [0.25, 0.3) is 111 Å². The van der Waals surface area contributed by atoms with Crippen molar-refractivity contribution < 1.29 is 22.0 Å². The Kier molecular flexibility index (Phi) is 9.74. The zero-order valence-electron chi connectivity index (χ0n) is 36.1. The summed E-state index contributed by atoms with van der Waals surface area (Å²) in [5.74, 6) is -10.5. The SMILES string of the molecule is N#Cc1c(-n2c3ccccc3c3cc(-c4cccc(-c5ccccc5)n4)ccc32)ccc(-c2c(F)c(F)c(F)c(F)c2F)c1-n1c2ccccc2c2cc(-c3ccc(-c4ccccc4)nc3)ccc21. The van der Waals surface area contributed by atoms with Crippen molar-refractivity contribution in [1.29, 1.82) is 5.26 Å². The van der Waals surface area contributed by atoms with Crippen molar-refractivity contribution >= 4 is 43.6 Å². The second-order valence-corrected chi connectivity index (χ2v) is 16.7. The predicted octanol–water partition coefficient (Wildman–Crippen LogP) is 15.6. The molecule has 0 fully saturated rings. The smallest absolute Gasteiger partial charge is 0.200 e. The molecular weight excluding hydrogens is 874 g/mol. The van der Waals surface area contributed by atoms with E-state index in [9.17, 15) is 9.65 Å². The monoisotopic (exact) mass is 905 g/mol. The van der Waals surface area contributed by atoms with Gasteiger partial charge < -0.3 is 9.13 Å². The lowest BCUT2D eigenvalue weighted by Gasteiger charge is -2.21. The molecule has 0 aliphatic heterocycles. The molecule has 0 amide bonds. The van der Waals surface area contributed by atoms with Gasteiger partial charge in [0.05, 0.1) is 56.1 Å². The molecule has 8 aromatic carbocycles. The quantitative estimate of drug-likeness (QED) is 0.0909. The number of hydrogen-bond acceptors (Lipinski definition) is 3. The van der Waals surface area contributed by atoms with E-state index in [0.29, 0.717) is 33.1 Å². The van der Waals surface area contributed by atoms with Gasteiger partial charge in [0.25, 0.3) is 0 Å². The number of aromatic nitrogens is 4. The van der Waals surface area contributed by atoms with Crippen LogP contribution in [-0.2, 0) is 0 Å². The highest BCUT2D eigenvalue weighted by atomic mass is 19.2. The average Bonchev–Trinajstić information content (AvgIpc) is 3.92. The summed E-state index contributed by atoms with van der Waals surface area (Å²) in [6.45, 7) is 0. The van der Waals surface area contributed by atoms with E-state index in [-0.39, 0.29) is 16.8 Å². The first-order valence-corrected chi connectivity index (χ1v) is 22.0. The van der Waals surface area contributed by atoms with Crippen LogP contribution < -0.4 is 0 Å². The molecule has 4 heterocycles. The van der Waals surface area contributed by atoms with E-state index in [2.05, 4.69) is 6.07 Å². The van der Waals surface area contributed by atoms with Gasteiger partial charge in [-0.05, 0) is 72.3 Å². The van der Waals surface area contributed by atoms with Gasteiger partial charge in [0.15, 0.2) is 23.3 Å². The molecule has 12 aromatic rings. The number of hydrogen-bond donors (Lipinski definition) is 0. The van der Waals surface area contributed by atoms with Crippen LogP contribution in [0.15, 0.2) is 194 Å². The zero-order valence-corrected chi connectivity index (χ0v) is 36.1. The summed E-state index contributed by atoms with van der Waals surface area (Å²) in [6.07, 6.45) is 1.79. The minimum absolute atomic E-state index is 0.0736. The Hall–Kier alpha value is -9.20. The van der Waals surface area contributed by atoms with Gasteiger partial charge in [-0.25, -0.2) is 26.9 Å². The van der Waals surface area contributed by atoms with Gasteiger partial charge in [-0.1, -0.05) is 121 Å². The molecule has 0 atom stereocenters. The standard InChI is InChI=1S/C59H32F5N5/c60-54-53(55(61)57(63)58(64)56(54)62)41-25-29-52(68-48-20-9-7-16-39(48)43-31-37(24-28-50(43)68)47-19-11-18-46(67-47)35-14-5-2-6-15-35)44(32-65)59(41)69-49-21-10-8-17-40(49)42-30-36(23-27-51(42)69)38-22-26-45(66-33-38)34-12-3-1-4-13-34/h1-31,33H. The third kappa shape index (κ3) is 6.58. The summed E-state index contributed by atoms with van der Waals surface area (Å²) in [6, 6.07) is 61.2. The van der Waals surface area contributed by atoms with Crippen LogP contribution >= 0.6 is 0 Å². The van der Waals surface area contributed by atoms with Crippen LogP contribution in [0.3, 0.4) is 0 Å². The third-order valence-corrected chi connectivity index (χ3v) is 12.8. The van der Waals surface area contributed by atoms with Crippen molar-refractivity contribution in [2.75, 3.05) is 0 Å². The van der Waals surface area contributed by atoms with Gasteiger partial charge in [0.1, 0.15) is 11.6 Å². The Morgan fingerprint density at radius 3 is 1.52 bits per heavy atom. The number of nitriles is 1. The second-order valence-electron chi connectivity index (χ2n) is 16.7. The van der Waals surface area contributed by atoms with E-state index in [4.69, 9.17) is 9.97 Å². The fourth-order valence-corrected chi connectivity index (χ4v) is 9.65. The molecule has 0 bridgehead atoms. The fraction of sp³-hybridized carbons (Fsp3) is 0. The summed E-state index contributed by atoms with van der Waals surface area (Å²) in [7, 11) is 0. The van der Waals surface area contributed by atoms with Crippen LogP contribution in [0.5, 0.6) is 0 Å². The van der Waals surface area contributed by atoms with E-state index < -0.39 is 34.6 Å². The van der Waals surface area contributed by atoms with Gasteiger partial charge in [-0.2, -0.15) is 5.26 Å². The third-order valence-electron chi connectivity index (χ3n) is 12.8. The van der Waals surface area contributed by atoms with Crippen molar-refractivity contribution in [1.82, 2.24) is 19.1 Å². The summed E-state index contributed by atoms with van der Waals surface area (Å²) in [5.41, 5.74) is 7.88. The molecule has 328 valence electrons. The molecule has 0 saturated carbocycles. The molecule has 69 heavy (non-hydrogen) atoms. The second kappa shape index (κ2) is 16.3. The van der Waals surface area contributed by atoms with Crippen molar-refractivity contribution in [3.05, 3.63) is 229 Å². The van der Waals surface area contributed by atoms with Gasteiger partial charge in [-0.15, -0.1) is 0 Å². The minimum Gasteiger partial charge on any atom is -0.308 e. The first kappa shape index (κ1) is 41.2. The van der Waals surface area contributed by atoms with Gasteiger partial charge in [0.2, 0.25) is 5.82 Å². The maximum Gasteiger partial charge on any atom is 0.200 e. The molecule has 0 spiro atoms. The molecule has 0 radical (unpaired) electrons. The molecule has 0 N–H and O–H groups in total. The molecular formula is C59H32F5N5. The first-order valence-electron chi connectivity index (χ1n) is 22.0. The maximum absolute atomic E-state index is 16.2. The zero-order chi connectivity index (χ0) is 46.9. The van der Waals surface area contributed by atoms with Crippen LogP contribution in [0.2, 0.25) is 0 Å². The predicted molar refractivity (Wildman–Crippen MR) is 262 cm³/mol. The fourth-order valence-electron chi connectivity index (χ4n) is 9.65. The van der Waals surface area contributed by atoms with Gasteiger partial charge in [0, 0.05) is 55.6 Å². The number of benzene rings is 8. The van der Waals surface area contributed by atoms with Crippen molar-refractivity contribution in [2.24, 2.45) is 0 Å². The number of pyridine rings is 2. The molecule has 4 aromatic heterocycles. The summed E-state index contributed by atoms with van der Waals surface area (Å²) >= 11 is 0. The summed E-state index contributed by atoms with van der Waals surface area (Å²) < 4.78 is 81.2. The van der Waals surface area contributed by atoms with Crippen molar-refractivity contribution in [3.8, 4) is 73.5 Å². The van der Waals surface area contributed by atoms with Crippen LogP contribution in [0.4, 0.5) is 22.0 Å². The molecule has 0 unspecified atom stereocenters. The van der Waals surface area contributed by atoms with E-state index in [0.717, 1.165) is 61.1 Å². The van der Waals surface area contributed by atoms with Gasteiger partial charge >= 0.3 is 0 Å². The number of fused-ring (bicyclic) bond motifs is 6. The number of para-hydroxylation sites is 2. The normalized spacial score (nSPS) is 11.5. The lowest BCUT2D eigenvalue weighted by molar-refractivity contribution is 0.381. The average molecular weight is 906 g/mol. The number of nitrogens with zero attached hydrogens (tertiary/aromatic N) is 5. The Labute approximate surface area is 390 Å². The highest BCUT2D eigenvalue weighted by molar-refractivity contribution is 6.13. The molecule has 10 heteroatoms. The van der Waals surface area contributed by atoms with E-state index >= 15 is 17.6 Å². The highest BCUT2D eigenvalue weighted by Gasteiger charge is 2.32. The molecule has 0 aliphatic rings. The van der Waals surface area contributed by atoms with Crippen molar-refractivity contribution in [2.45, 2.75) is 0 Å². The highest BCUT2D eigenvalue weighted by Crippen LogP contribution is 2.45. The first-order chi connectivity index (χ1) is 33.8. The number of rotatable bonds is 7. The minimum atomic E-state index is -2.28. The largest absolute Gasteiger partial charge is 0.308 e. The van der Waals surface area contributed by atoms with Crippen molar-refractivity contribution in [3.63, 3.8) is 0 Å². The van der Waals surface area contributed by atoms with Crippen LogP contribution in [-0.4, -0.2) is 19.1 Å².